The van der Waals surface area contributed by atoms with Gasteiger partial charge < -0.3 is 23.7 Å². The largest absolute Gasteiger partial charge is 0.497 e. The summed E-state index contributed by atoms with van der Waals surface area (Å²) in [5.41, 5.74) is 2.27. The number of hydrogen-bond acceptors (Lipinski definition) is 7. The lowest BCUT2D eigenvalue weighted by molar-refractivity contribution is 0.0816. The van der Waals surface area contributed by atoms with E-state index in [1.54, 1.807) is 63.8 Å². The molecule has 0 saturated heterocycles. The number of ether oxygens (including phenoxy) is 5. The third kappa shape index (κ3) is 4.77. The molecule has 0 N–H and O–H groups in total. The van der Waals surface area contributed by atoms with Crippen molar-refractivity contribution in [2.75, 3.05) is 28.1 Å². The van der Waals surface area contributed by atoms with Crippen molar-refractivity contribution in [1.82, 2.24) is 0 Å². The van der Waals surface area contributed by atoms with Gasteiger partial charge in [0.15, 0.2) is 11.5 Å². The van der Waals surface area contributed by atoms with Gasteiger partial charge >= 0.3 is 0 Å². The number of hydrogen-bond donors (Lipinski definition) is 0. The molecule has 3 aromatic rings. The molecule has 33 heavy (non-hydrogen) atoms. The summed E-state index contributed by atoms with van der Waals surface area (Å²) < 4.78 is 26.8. The summed E-state index contributed by atoms with van der Waals surface area (Å²) in [4.78, 5) is 26.2. The maximum atomic E-state index is 13.2. The third-order valence-corrected chi connectivity index (χ3v) is 5.50. The molecule has 1 aliphatic heterocycles. The van der Waals surface area contributed by atoms with Crippen molar-refractivity contribution in [3.05, 3.63) is 76.9 Å². The summed E-state index contributed by atoms with van der Waals surface area (Å²) in [6.07, 6.45) is 1.11. The Kier molecular flexibility index (Phi) is 6.49. The number of Topliss-reactive ketones (excluding diaryl/α,β-unsaturated/α-hetero) is 2. The van der Waals surface area contributed by atoms with Crippen LogP contribution in [0.5, 0.6) is 28.7 Å². The molecule has 0 spiro atoms. The van der Waals surface area contributed by atoms with Crippen LogP contribution < -0.4 is 23.7 Å². The fraction of sp³-hybridized carbons (Fsp3) is 0.231. The van der Waals surface area contributed by atoms with Crippen LogP contribution in [0.25, 0.3) is 0 Å². The molecule has 4 rings (SSSR count). The molecular weight excluding hydrogens is 424 g/mol. The van der Waals surface area contributed by atoms with E-state index in [4.69, 9.17) is 23.7 Å². The fourth-order valence-electron chi connectivity index (χ4n) is 3.69. The molecule has 0 bridgehead atoms. The van der Waals surface area contributed by atoms with Gasteiger partial charge in [-0.05, 0) is 72.5 Å². The van der Waals surface area contributed by atoms with E-state index >= 15 is 0 Å². The normalized spacial score (nSPS) is 11.7. The van der Waals surface area contributed by atoms with Gasteiger partial charge in [0.05, 0.1) is 21.3 Å². The number of fused-ring (bicyclic) bond motifs is 1. The highest BCUT2D eigenvalue weighted by Gasteiger charge is 2.25. The zero-order chi connectivity index (χ0) is 23.4. The maximum absolute atomic E-state index is 13.2. The van der Waals surface area contributed by atoms with Crippen LogP contribution in [0.15, 0.2) is 54.6 Å². The Balaban J connectivity index is 1.63. The van der Waals surface area contributed by atoms with Crippen LogP contribution >= 0.6 is 0 Å². The lowest BCUT2D eigenvalue weighted by Gasteiger charge is -2.12. The molecule has 170 valence electrons. The molecule has 0 fully saturated rings. The number of carbonyl (C=O) groups is 2. The summed E-state index contributed by atoms with van der Waals surface area (Å²) in [6, 6.07) is 15.4. The van der Waals surface area contributed by atoms with Crippen LogP contribution in [-0.4, -0.2) is 39.7 Å². The average molecular weight is 448 g/mol. The molecule has 7 heteroatoms. The number of carbonyl (C=O) groups excluding carboxylic acids is 2. The molecule has 1 heterocycles. The van der Waals surface area contributed by atoms with E-state index in [0.717, 1.165) is 5.56 Å². The second-order valence-corrected chi connectivity index (χ2v) is 7.47. The van der Waals surface area contributed by atoms with Crippen LogP contribution in [0.1, 0.15) is 31.8 Å². The Morgan fingerprint density at radius 3 is 1.94 bits per heavy atom. The molecule has 0 unspecified atom stereocenters. The van der Waals surface area contributed by atoms with Crippen molar-refractivity contribution in [1.29, 1.82) is 0 Å². The van der Waals surface area contributed by atoms with Crippen molar-refractivity contribution in [3.63, 3.8) is 0 Å². The Hall–Kier alpha value is -4.00. The number of aryl methyl sites for hydroxylation is 2. The molecule has 0 amide bonds. The van der Waals surface area contributed by atoms with Crippen LogP contribution in [0.2, 0.25) is 0 Å². The van der Waals surface area contributed by atoms with Gasteiger partial charge in [-0.15, -0.1) is 0 Å². The highest BCUT2D eigenvalue weighted by Crippen LogP contribution is 2.36. The molecule has 0 radical (unpaired) electrons. The standard InChI is InChI=1S/C26H24O7/c1-29-19-8-6-17(7-9-19)25(27)26(28)22-14-24-23(32-15-33-24)12-18(22)5-4-16-10-20(30-2)13-21(11-16)31-3/h6-14H,4-5,15H2,1-3H3. The zero-order valence-corrected chi connectivity index (χ0v) is 18.7. The molecule has 1 aliphatic rings. The number of rotatable bonds is 9. The van der Waals surface area contributed by atoms with Crippen molar-refractivity contribution in [2.24, 2.45) is 0 Å². The van der Waals surface area contributed by atoms with E-state index in [1.807, 2.05) is 12.1 Å². The summed E-state index contributed by atoms with van der Waals surface area (Å²) in [6.45, 7) is 0.0753. The zero-order valence-electron chi connectivity index (χ0n) is 18.7. The predicted octanol–water partition coefficient (Wildman–Crippen LogP) is 4.29. The molecule has 3 aromatic carbocycles. The van der Waals surface area contributed by atoms with Gasteiger partial charge in [0.2, 0.25) is 18.4 Å². The summed E-state index contributed by atoms with van der Waals surface area (Å²) >= 11 is 0. The monoisotopic (exact) mass is 448 g/mol. The van der Waals surface area contributed by atoms with Gasteiger partial charge in [-0.3, -0.25) is 9.59 Å². The van der Waals surface area contributed by atoms with Crippen LogP contribution in [0, 0.1) is 0 Å². The van der Waals surface area contributed by atoms with E-state index in [1.165, 1.54) is 0 Å². The summed E-state index contributed by atoms with van der Waals surface area (Å²) in [5.74, 6) is 1.78. The van der Waals surface area contributed by atoms with Crippen molar-refractivity contribution < 1.29 is 33.3 Å². The molecule has 0 aromatic heterocycles. The van der Waals surface area contributed by atoms with E-state index in [9.17, 15) is 9.59 Å². The van der Waals surface area contributed by atoms with E-state index in [-0.39, 0.29) is 6.79 Å². The lowest BCUT2D eigenvalue weighted by atomic mass is 9.93. The first-order valence-corrected chi connectivity index (χ1v) is 10.4. The Labute approximate surface area is 191 Å². The first-order valence-electron chi connectivity index (χ1n) is 10.4. The smallest absolute Gasteiger partial charge is 0.233 e. The minimum atomic E-state index is -0.600. The predicted molar refractivity (Wildman–Crippen MR) is 121 cm³/mol. The van der Waals surface area contributed by atoms with E-state index in [0.29, 0.717) is 58.3 Å². The van der Waals surface area contributed by atoms with Gasteiger partial charge in [-0.2, -0.15) is 0 Å². The molecule has 0 aliphatic carbocycles. The Morgan fingerprint density at radius 1 is 0.727 bits per heavy atom. The molecule has 0 saturated carbocycles. The SMILES string of the molecule is COc1ccc(C(=O)C(=O)c2cc3c(cc2CCc2cc(OC)cc(OC)c2)OCO3)cc1. The third-order valence-electron chi connectivity index (χ3n) is 5.50. The Bertz CT molecular complexity index is 1160. The van der Waals surface area contributed by atoms with Gasteiger partial charge in [0.25, 0.3) is 0 Å². The minimum Gasteiger partial charge on any atom is -0.497 e. The average Bonchev–Trinajstić information content (AvgIpc) is 3.33. The van der Waals surface area contributed by atoms with E-state index < -0.39 is 11.6 Å². The fourth-order valence-corrected chi connectivity index (χ4v) is 3.69. The second-order valence-electron chi connectivity index (χ2n) is 7.47. The first kappa shape index (κ1) is 22.2. The maximum Gasteiger partial charge on any atom is 0.233 e. The summed E-state index contributed by atoms with van der Waals surface area (Å²) in [5, 5.41) is 0. The topological polar surface area (TPSA) is 80.3 Å². The van der Waals surface area contributed by atoms with Crippen molar-refractivity contribution in [3.8, 4) is 28.7 Å². The second kappa shape index (κ2) is 9.65. The number of benzene rings is 3. The quantitative estimate of drug-likeness (QED) is 0.357. The number of methoxy groups -OCH3 is 3. The summed E-state index contributed by atoms with van der Waals surface area (Å²) in [7, 11) is 4.73. The van der Waals surface area contributed by atoms with Crippen molar-refractivity contribution in [2.45, 2.75) is 12.8 Å². The lowest BCUT2D eigenvalue weighted by Crippen LogP contribution is -2.17. The molecular formula is C26H24O7. The molecule has 7 nitrogen and oxygen atoms in total. The van der Waals surface area contributed by atoms with Gasteiger partial charge in [0.1, 0.15) is 17.2 Å². The van der Waals surface area contributed by atoms with Crippen LogP contribution in [-0.2, 0) is 12.8 Å². The Morgan fingerprint density at radius 2 is 1.33 bits per heavy atom. The van der Waals surface area contributed by atoms with Crippen molar-refractivity contribution >= 4 is 11.6 Å². The van der Waals surface area contributed by atoms with E-state index in [2.05, 4.69) is 0 Å². The highest BCUT2D eigenvalue weighted by molar-refractivity contribution is 6.49. The minimum absolute atomic E-state index is 0.0753. The number of ketones is 2. The van der Waals surface area contributed by atoms with Gasteiger partial charge in [-0.25, -0.2) is 0 Å². The van der Waals surface area contributed by atoms with Crippen LogP contribution in [0.3, 0.4) is 0 Å². The highest BCUT2D eigenvalue weighted by atomic mass is 16.7. The van der Waals surface area contributed by atoms with Crippen LogP contribution in [0.4, 0.5) is 0 Å². The molecule has 0 atom stereocenters. The first-order chi connectivity index (χ1) is 16.0. The van der Waals surface area contributed by atoms with Gasteiger partial charge in [-0.1, -0.05) is 0 Å². The van der Waals surface area contributed by atoms with Gasteiger partial charge in [0, 0.05) is 17.2 Å².